The number of carbonyl (C=O) groups is 1. The monoisotopic (exact) mass is 208 g/mol. The normalized spacial score (nSPS) is 9.36. The predicted molar refractivity (Wildman–Crippen MR) is 51.9 cm³/mol. The van der Waals surface area contributed by atoms with Gasteiger partial charge in [-0.2, -0.15) is 5.26 Å². The van der Waals surface area contributed by atoms with Gasteiger partial charge in [-0.05, 0) is 12.1 Å². The molecule has 1 N–H and O–H groups in total. The quantitative estimate of drug-likeness (QED) is 0.759. The van der Waals surface area contributed by atoms with E-state index in [1.54, 1.807) is 18.3 Å². The molecule has 4 nitrogen and oxygen atoms in total. The van der Waals surface area contributed by atoms with Gasteiger partial charge in [0.05, 0.1) is 6.42 Å². The number of aliphatic carboxylic acids is 1. The number of carboxylic acids is 1. The molecule has 14 heavy (non-hydrogen) atoms. The molecule has 0 unspecified atom stereocenters. The molecule has 0 amide bonds. The highest BCUT2D eigenvalue weighted by Crippen LogP contribution is 2.20. The molecule has 0 atom stereocenters. The summed E-state index contributed by atoms with van der Waals surface area (Å²) in [4.78, 5) is 14.8. The third-order valence-corrected chi connectivity index (χ3v) is 2.50. The van der Waals surface area contributed by atoms with Gasteiger partial charge in [0, 0.05) is 16.8 Å². The molecule has 1 rings (SSSR count). The van der Waals surface area contributed by atoms with Gasteiger partial charge in [0.25, 0.3) is 0 Å². The van der Waals surface area contributed by atoms with Crippen LogP contribution in [0.15, 0.2) is 23.2 Å². The van der Waals surface area contributed by atoms with Gasteiger partial charge >= 0.3 is 5.97 Å². The molecule has 0 aromatic carbocycles. The number of hydrogen-bond donors (Lipinski definition) is 1. The van der Waals surface area contributed by atoms with Gasteiger partial charge in [-0.25, -0.2) is 4.98 Å². The van der Waals surface area contributed by atoms with Crippen LogP contribution in [0, 0.1) is 11.3 Å². The van der Waals surface area contributed by atoms with Gasteiger partial charge in [-0.1, -0.05) is 0 Å². The van der Waals surface area contributed by atoms with E-state index in [0.717, 1.165) is 4.90 Å². The molecular formula is C9H8N2O2S. The van der Waals surface area contributed by atoms with Crippen molar-refractivity contribution in [1.82, 2.24) is 4.98 Å². The van der Waals surface area contributed by atoms with E-state index in [1.165, 1.54) is 11.8 Å². The molecule has 1 aromatic rings. The molecule has 0 aliphatic heterocycles. The summed E-state index contributed by atoms with van der Waals surface area (Å²) >= 11 is 1.33. The third kappa shape index (κ3) is 3.07. The maximum atomic E-state index is 10.3. The van der Waals surface area contributed by atoms with Crippen LogP contribution < -0.4 is 0 Å². The van der Waals surface area contributed by atoms with Crippen LogP contribution in [0.5, 0.6) is 0 Å². The average molecular weight is 208 g/mol. The molecule has 0 aliphatic rings. The van der Waals surface area contributed by atoms with Gasteiger partial charge in [0.1, 0.15) is 6.07 Å². The summed E-state index contributed by atoms with van der Waals surface area (Å²) in [6.07, 6.45) is 1.63. The minimum Gasteiger partial charge on any atom is -0.481 e. The third-order valence-electron chi connectivity index (χ3n) is 1.45. The Labute approximate surface area is 85.6 Å². The second kappa shape index (κ2) is 5.25. The Morgan fingerprint density at radius 3 is 3.14 bits per heavy atom. The minimum absolute atomic E-state index is 0.0877. The Morgan fingerprint density at radius 1 is 1.71 bits per heavy atom. The van der Waals surface area contributed by atoms with Crippen molar-refractivity contribution >= 4 is 17.7 Å². The maximum Gasteiger partial charge on any atom is 0.304 e. The van der Waals surface area contributed by atoms with Crippen LogP contribution in [0.25, 0.3) is 0 Å². The van der Waals surface area contributed by atoms with Crippen molar-refractivity contribution in [3.8, 4) is 6.07 Å². The topological polar surface area (TPSA) is 74.0 Å². The Hall–Kier alpha value is -1.54. The molecule has 0 radical (unpaired) electrons. The zero-order valence-corrected chi connectivity index (χ0v) is 8.12. The van der Waals surface area contributed by atoms with Gasteiger partial charge in [-0.15, -0.1) is 11.8 Å². The van der Waals surface area contributed by atoms with Crippen molar-refractivity contribution in [2.24, 2.45) is 0 Å². The highest BCUT2D eigenvalue weighted by atomic mass is 32.2. The first-order valence-electron chi connectivity index (χ1n) is 3.93. The molecule has 0 aliphatic carbocycles. The minimum atomic E-state index is -0.833. The molecule has 0 fully saturated rings. The van der Waals surface area contributed by atoms with Crippen molar-refractivity contribution < 1.29 is 9.90 Å². The fraction of sp³-hybridized carbons (Fsp3) is 0.222. The highest BCUT2D eigenvalue weighted by molar-refractivity contribution is 7.99. The fourth-order valence-electron chi connectivity index (χ4n) is 0.839. The Balaban J connectivity index is 2.59. The maximum absolute atomic E-state index is 10.3. The zero-order valence-electron chi connectivity index (χ0n) is 7.30. The van der Waals surface area contributed by atoms with Crippen molar-refractivity contribution in [3.05, 3.63) is 24.0 Å². The van der Waals surface area contributed by atoms with Crippen molar-refractivity contribution in [2.45, 2.75) is 11.3 Å². The highest BCUT2D eigenvalue weighted by Gasteiger charge is 2.03. The lowest BCUT2D eigenvalue weighted by molar-refractivity contribution is -0.136. The molecule has 5 heteroatoms. The van der Waals surface area contributed by atoms with Gasteiger partial charge in [-0.3, -0.25) is 4.79 Å². The molecule has 72 valence electrons. The number of aromatic nitrogens is 1. The fourth-order valence-corrected chi connectivity index (χ4v) is 1.75. The summed E-state index contributed by atoms with van der Waals surface area (Å²) in [6, 6.07) is 5.44. The van der Waals surface area contributed by atoms with E-state index >= 15 is 0 Å². The SMILES string of the molecule is N#Cc1ncccc1SCCC(=O)O. The molecule has 0 saturated carbocycles. The number of hydrogen-bond acceptors (Lipinski definition) is 4. The van der Waals surface area contributed by atoms with Crippen LogP contribution in [-0.2, 0) is 4.79 Å². The second-order valence-electron chi connectivity index (χ2n) is 2.45. The molecular weight excluding hydrogens is 200 g/mol. The standard InChI is InChI=1S/C9H8N2O2S/c10-6-7-8(2-1-4-11-7)14-5-3-9(12)13/h1-2,4H,3,5H2,(H,12,13). The van der Waals surface area contributed by atoms with Crippen LogP contribution >= 0.6 is 11.8 Å². The number of thioether (sulfide) groups is 1. The molecule has 0 spiro atoms. The molecule has 0 bridgehead atoms. The molecule has 1 heterocycles. The lowest BCUT2D eigenvalue weighted by Crippen LogP contribution is -1.96. The summed E-state index contributed by atoms with van der Waals surface area (Å²) in [5.41, 5.74) is 0.350. The van der Waals surface area contributed by atoms with Crippen LogP contribution in [0.4, 0.5) is 0 Å². The number of pyridine rings is 1. The Kier molecular flexibility index (Phi) is 3.95. The van der Waals surface area contributed by atoms with E-state index in [9.17, 15) is 4.79 Å². The van der Waals surface area contributed by atoms with E-state index in [1.807, 2.05) is 6.07 Å². The summed E-state index contributed by atoms with van der Waals surface area (Å²) in [5.74, 6) is -0.379. The summed E-state index contributed by atoms with van der Waals surface area (Å²) in [7, 11) is 0. The number of nitriles is 1. The number of nitrogens with zero attached hydrogens (tertiary/aromatic N) is 2. The second-order valence-corrected chi connectivity index (χ2v) is 3.59. The van der Waals surface area contributed by atoms with Crippen molar-refractivity contribution in [2.75, 3.05) is 5.75 Å². The summed E-state index contributed by atoms with van der Waals surface area (Å²) in [6.45, 7) is 0. The Bertz CT molecular complexity index is 373. The van der Waals surface area contributed by atoms with E-state index in [-0.39, 0.29) is 6.42 Å². The van der Waals surface area contributed by atoms with Gasteiger partial charge < -0.3 is 5.11 Å². The lowest BCUT2D eigenvalue weighted by Gasteiger charge is -2.00. The zero-order chi connectivity index (χ0) is 10.4. The average Bonchev–Trinajstić information content (AvgIpc) is 2.18. The molecule has 1 aromatic heterocycles. The van der Waals surface area contributed by atoms with E-state index in [4.69, 9.17) is 10.4 Å². The van der Waals surface area contributed by atoms with Crippen LogP contribution in [0.2, 0.25) is 0 Å². The summed E-state index contributed by atoms with van der Waals surface area (Å²) in [5, 5.41) is 17.1. The van der Waals surface area contributed by atoms with Crippen LogP contribution in [0.3, 0.4) is 0 Å². The van der Waals surface area contributed by atoms with Gasteiger partial charge in [0.15, 0.2) is 5.69 Å². The number of rotatable bonds is 4. The summed E-state index contributed by atoms with van der Waals surface area (Å²) < 4.78 is 0. The number of carboxylic acid groups (broad SMARTS) is 1. The predicted octanol–water partition coefficient (Wildman–Crippen LogP) is 1.52. The lowest BCUT2D eigenvalue weighted by atomic mass is 10.4. The first-order valence-corrected chi connectivity index (χ1v) is 4.92. The van der Waals surface area contributed by atoms with Crippen LogP contribution in [0.1, 0.15) is 12.1 Å². The first kappa shape index (κ1) is 10.5. The Morgan fingerprint density at radius 2 is 2.50 bits per heavy atom. The van der Waals surface area contributed by atoms with Crippen molar-refractivity contribution in [3.63, 3.8) is 0 Å². The van der Waals surface area contributed by atoms with Crippen molar-refractivity contribution in [1.29, 1.82) is 5.26 Å². The van der Waals surface area contributed by atoms with E-state index in [0.29, 0.717) is 11.4 Å². The van der Waals surface area contributed by atoms with E-state index < -0.39 is 5.97 Å². The molecule has 0 saturated heterocycles. The first-order chi connectivity index (χ1) is 6.74. The largest absolute Gasteiger partial charge is 0.481 e. The van der Waals surface area contributed by atoms with Gasteiger partial charge in [0.2, 0.25) is 0 Å². The van der Waals surface area contributed by atoms with E-state index in [2.05, 4.69) is 4.98 Å². The smallest absolute Gasteiger partial charge is 0.304 e. The van der Waals surface area contributed by atoms with Crippen LogP contribution in [-0.4, -0.2) is 21.8 Å².